The van der Waals surface area contributed by atoms with Gasteiger partial charge in [-0.2, -0.15) is 13.2 Å². The van der Waals surface area contributed by atoms with E-state index in [0.717, 1.165) is 4.57 Å². The monoisotopic (exact) mass is 320 g/mol. The Morgan fingerprint density at radius 3 is 2.35 bits per heavy atom. The SMILES string of the molecule is CC(C)Oc1ccc2c(c1)nc(C(F)(F)F)n2-c1ccccc1. The quantitative estimate of drug-likeness (QED) is 0.691. The number of halogens is 3. The van der Waals surface area contributed by atoms with Gasteiger partial charge >= 0.3 is 6.18 Å². The molecule has 2 aromatic carbocycles. The molecule has 0 saturated heterocycles. The molecule has 0 spiro atoms. The molecule has 120 valence electrons. The Morgan fingerprint density at radius 1 is 1.04 bits per heavy atom. The fourth-order valence-electron chi connectivity index (χ4n) is 2.43. The minimum Gasteiger partial charge on any atom is -0.491 e. The van der Waals surface area contributed by atoms with Crippen molar-refractivity contribution in [2.24, 2.45) is 0 Å². The highest BCUT2D eigenvalue weighted by atomic mass is 19.4. The average Bonchev–Trinajstić information content (AvgIpc) is 2.86. The Balaban J connectivity index is 2.23. The maximum absolute atomic E-state index is 13.4. The van der Waals surface area contributed by atoms with Crippen molar-refractivity contribution in [3.05, 3.63) is 54.4 Å². The van der Waals surface area contributed by atoms with Gasteiger partial charge in [-0.05, 0) is 38.1 Å². The van der Waals surface area contributed by atoms with Crippen LogP contribution in [0.4, 0.5) is 13.2 Å². The number of alkyl halides is 3. The van der Waals surface area contributed by atoms with Crippen molar-refractivity contribution in [3.8, 4) is 11.4 Å². The Labute approximate surface area is 131 Å². The number of hydrogen-bond donors (Lipinski definition) is 0. The summed E-state index contributed by atoms with van der Waals surface area (Å²) in [5, 5.41) is 0. The van der Waals surface area contributed by atoms with Gasteiger partial charge in [-0.3, -0.25) is 4.57 Å². The van der Waals surface area contributed by atoms with Crippen LogP contribution in [0.3, 0.4) is 0 Å². The fraction of sp³-hybridized carbons (Fsp3) is 0.235. The first-order valence-electron chi connectivity index (χ1n) is 7.18. The highest BCUT2D eigenvalue weighted by molar-refractivity contribution is 5.80. The summed E-state index contributed by atoms with van der Waals surface area (Å²) in [6, 6.07) is 13.2. The maximum Gasteiger partial charge on any atom is 0.450 e. The maximum atomic E-state index is 13.4. The summed E-state index contributed by atoms with van der Waals surface area (Å²) in [6.07, 6.45) is -4.61. The average molecular weight is 320 g/mol. The Hall–Kier alpha value is -2.50. The van der Waals surface area contributed by atoms with E-state index < -0.39 is 12.0 Å². The third-order valence-corrected chi connectivity index (χ3v) is 3.27. The Morgan fingerprint density at radius 2 is 1.74 bits per heavy atom. The zero-order valence-corrected chi connectivity index (χ0v) is 12.6. The molecule has 0 aliphatic heterocycles. The lowest BCUT2D eigenvalue weighted by Gasteiger charge is -2.12. The van der Waals surface area contributed by atoms with Gasteiger partial charge in [0.05, 0.1) is 17.1 Å². The normalized spacial score (nSPS) is 12.1. The molecule has 6 heteroatoms. The molecule has 0 atom stereocenters. The van der Waals surface area contributed by atoms with Crippen LogP contribution in [0.1, 0.15) is 19.7 Å². The molecule has 1 aromatic heterocycles. The van der Waals surface area contributed by atoms with Crippen molar-refractivity contribution in [2.75, 3.05) is 0 Å². The molecule has 0 radical (unpaired) electrons. The van der Waals surface area contributed by atoms with E-state index in [1.807, 2.05) is 13.8 Å². The van der Waals surface area contributed by atoms with Crippen molar-refractivity contribution in [1.82, 2.24) is 9.55 Å². The number of benzene rings is 2. The van der Waals surface area contributed by atoms with E-state index in [2.05, 4.69) is 4.98 Å². The van der Waals surface area contributed by atoms with Gasteiger partial charge in [0.2, 0.25) is 5.82 Å². The molecule has 23 heavy (non-hydrogen) atoms. The number of fused-ring (bicyclic) bond motifs is 1. The van der Waals surface area contributed by atoms with Gasteiger partial charge in [0.1, 0.15) is 5.75 Å². The predicted octanol–water partition coefficient (Wildman–Crippen LogP) is 4.83. The van der Waals surface area contributed by atoms with E-state index in [0.29, 0.717) is 17.0 Å². The summed E-state index contributed by atoms with van der Waals surface area (Å²) in [5.74, 6) is -0.445. The summed E-state index contributed by atoms with van der Waals surface area (Å²) in [4.78, 5) is 3.79. The Bertz CT molecular complexity index is 823. The van der Waals surface area contributed by atoms with Crippen molar-refractivity contribution >= 4 is 11.0 Å². The molecular weight excluding hydrogens is 305 g/mol. The van der Waals surface area contributed by atoms with Crippen LogP contribution in [0, 0.1) is 0 Å². The number of ether oxygens (including phenoxy) is 1. The summed E-state index contributed by atoms with van der Waals surface area (Å²) in [7, 11) is 0. The summed E-state index contributed by atoms with van der Waals surface area (Å²) in [5.41, 5.74) is 1.05. The zero-order chi connectivity index (χ0) is 16.6. The molecule has 0 amide bonds. The molecule has 0 fully saturated rings. The molecule has 0 bridgehead atoms. The van der Waals surface area contributed by atoms with Crippen LogP contribution >= 0.6 is 0 Å². The van der Waals surface area contributed by atoms with Crippen LogP contribution in [0.25, 0.3) is 16.7 Å². The summed E-state index contributed by atoms with van der Waals surface area (Å²) in [6.45, 7) is 3.71. The third kappa shape index (κ3) is 3.02. The van der Waals surface area contributed by atoms with Gasteiger partial charge in [-0.1, -0.05) is 18.2 Å². The fourth-order valence-corrected chi connectivity index (χ4v) is 2.43. The first-order valence-corrected chi connectivity index (χ1v) is 7.18. The number of aromatic nitrogens is 2. The van der Waals surface area contributed by atoms with Crippen LogP contribution in [0.5, 0.6) is 5.75 Å². The number of imidazole rings is 1. The van der Waals surface area contributed by atoms with Gasteiger partial charge in [-0.25, -0.2) is 4.98 Å². The first kappa shape index (κ1) is 15.4. The molecule has 0 saturated carbocycles. The summed E-state index contributed by atoms with van der Waals surface area (Å²) >= 11 is 0. The second-order valence-corrected chi connectivity index (χ2v) is 5.42. The van der Waals surface area contributed by atoms with Gasteiger partial charge in [0.15, 0.2) is 0 Å². The minimum absolute atomic E-state index is 0.0641. The van der Waals surface area contributed by atoms with Gasteiger partial charge in [0.25, 0.3) is 0 Å². The van der Waals surface area contributed by atoms with E-state index in [1.54, 1.807) is 42.5 Å². The lowest BCUT2D eigenvalue weighted by molar-refractivity contribution is -0.145. The second kappa shape index (κ2) is 5.61. The van der Waals surface area contributed by atoms with Gasteiger partial charge < -0.3 is 4.74 Å². The smallest absolute Gasteiger partial charge is 0.450 e. The van der Waals surface area contributed by atoms with E-state index >= 15 is 0 Å². The van der Waals surface area contributed by atoms with E-state index in [9.17, 15) is 13.2 Å². The number of hydrogen-bond acceptors (Lipinski definition) is 2. The number of para-hydroxylation sites is 1. The summed E-state index contributed by atoms with van der Waals surface area (Å²) < 4.78 is 46.8. The highest BCUT2D eigenvalue weighted by Gasteiger charge is 2.38. The van der Waals surface area contributed by atoms with Gasteiger partial charge in [0, 0.05) is 11.8 Å². The van der Waals surface area contributed by atoms with E-state index in [-0.39, 0.29) is 11.6 Å². The van der Waals surface area contributed by atoms with Crippen LogP contribution in [-0.2, 0) is 6.18 Å². The van der Waals surface area contributed by atoms with Crippen LogP contribution in [0.15, 0.2) is 48.5 Å². The molecule has 0 aliphatic carbocycles. The molecule has 3 nitrogen and oxygen atoms in total. The molecule has 0 aliphatic rings. The van der Waals surface area contributed by atoms with Crippen molar-refractivity contribution in [3.63, 3.8) is 0 Å². The van der Waals surface area contributed by atoms with Crippen LogP contribution in [0.2, 0.25) is 0 Å². The second-order valence-electron chi connectivity index (χ2n) is 5.42. The van der Waals surface area contributed by atoms with Gasteiger partial charge in [-0.15, -0.1) is 0 Å². The number of nitrogens with zero attached hydrogens (tertiary/aromatic N) is 2. The van der Waals surface area contributed by atoms with Crippen LogP contribution in [-0.4, -0.2) is 15.7 Å². The molecule has 0 N–H and O–H groups in total. The topological polar surface area (TPSA) is 27.1 Å². The van der Waals surface area contributed by atoms with E-state index in [4.69, 9.17) is 4.74 Å². The molecule has 3 rings (SSSR count). The zero-order valence-electron chi connectivity index (χ0n) is 12.6. The number of rotatable bonds is 3. The van der Waals surface area contributed by atoms with Crippen molar-refractivity contribution < 1.29 is 17.9 Å². The van der Waals surface area contributed by atoms with Crippen molar-refractivity contribution in [1.29, 1.82) is 0 Å². The van der Waals surface area contributed by atoms with E-state index in [1.165, 1.54) is 6.07 Å². The van der Waals surface area contributed by atoms with Crippen molar-refractivity contribution in [2.45, 2.75) is 26.1 Å². The standard InChI is InChI=1S/C17H15F3N2O/c1-11(2)23-13-8-9-15-14(10-13)21-16(17(18,19)20)22(15)12-6-4-3-5-7-12/h3-11H,1-2H3. The minimum atomic E-state index is -4.55. The predicted molar refractivity (Wildman–Crippen MR) is 81.8 cm³/mol. The third-order valence-electron chi connectivity index (χ3n) is 3.27. The largest absolute Gasteiger partial charge is 0.491 e. The lowest BCUT2D eigenvalue weighted by Crippen LogP contribution is -2.13. The molecule has 3 aromatic rings. The highest BCUT2D eigenvalue weighted by Crippen LogP contribution is 2.34. The molecule has 1 heterocycles. The molecular formula is C17H15F3N2O. The Kier molecular flexibility index (Phi) is 3.75. The van der Waals surface area contributed by atoms with Crippen LogP contribution < -0.4 is 4.74 Å². The lowest BCUT2D eigenvalue weighted by atomic mass is 10.2. The molecule has 0 unspecified atom stereocenters. The first-order chi connectivity index (χ1) is 10.9.